The Morgan fingerprint density at radius 3 is 2.75 bits per heavy atom. The van der Waals surface area contributed by atoms with Crippen LogP contribution in [0, 0.1) is 0 Å². The summed E-state index contributed by atoms with van der Waals surface area (Å²) in [5.74, 6) is 1.18. The van der Waals surface area contributed by atoms with E-state index in [1.807, 2.05) is 24.3 Å². The van der Waals surface area contributed by atoms with Crippen LogP contribution in [0.2, 0.25) is 0 Å². The van der Waals surface area contributed by atoms with Crippen molar-refractivity contribution in [2.24, 2.45) is 0 Å². The van der Waals surface area contributed by atoms with Gasteiger partial charge in [0.05, 0.1) is 19.6 Å². The predicted molar refractivity (Wildman–Crippen MR) is 74.3 cm³/mol. The molecule has 1 heterocycles. The van der Waals surface area contributed by atoms with Crippen molar-refractivity contribution in [3.8, 4) is 17.2 Å². The monoisotopic (exact) mass is 272 g/mol. The number of methoxy groups -OCH3 is 1. The number of hydrogen-bond acceptors (Lipinski definition) is 4. The molecule has 2 unspecified atom stereocenters. The Bertz CT molecular complexity index is 624. The molecule has 0 spiro atoms. The minimum Gasteiger partial charge on any atom is -0.504 e. The first kappa shape index (κ1) is 12.8. The number of aliphatic hydroxyl groups excluding tert-OH is 1. The van der Waals surface area contributed by atoms with Gasteiger partial charge in [0.15, 0.2) is 11.5 Å². The molecule has 104 valence electrons. The zero-order chi connectivity index (χ0) is 14.1. The Kier molecular flexibility index (Phi) is 3.24. The quantitative estimate of drug-likeness (QED) is 0.901. The molecule has 2 aromatic carbocycles. The maximum absolute atomic E-state index is 9.66. The minimum atomic E-state index is -0.271. The summed E-state index contributed by atoms with van der Waals surface area (Å²) in [5.41, 5.74) is 1.88. The molecular formula is C16H16O4. The van der Waals surface area contributed by atoms with Gasteiger partial charge in [-0.2, -0.15) is 0 Å². The number of rotatable bonds is 3. The van der Waals surface area contributed by atoms with Crippen LogP contribution in [0.3, 0.4) is 0 Å². The van der Waals surface area contributed by atoms with E-state index in [0.717, 1.165) is 16.9 Å². The standard InChI is InChI=1S/C16H16O4/c1-19-15-8-10(6-7-13(15)18)16-12(9-17)11-4-2-3-5-14(11)20-16/h2-8,12,16-18H,9H2,1H3. The van der Waals surface area contributed by atoms with E-state index in [-0.39, 0.29) is 24.4 Å². The summed E-state index contributed by atoms with van der Waals surface area (Å²) < 4.78 is 11.1. The molecule has 3 rings (SSSR count). The third-order valence-corrected chi connectivity index (χ3v) is 3.67. The van der Waals surface area contributed by atoms with Crippen molar-refractivity contribution in [1.82, 2.24) is 0 Å². The van der Waals surface area contributed by atoms with Crippen LogP contribution in [0.1, 0.15) is 23.1 Å². The molecule has 1 aliphatic rings. The van der Waals surface area contributed by atoms with Crippen LogP contribution in [0.15, 0.2) is 42.5 Å². The lowest BCUT2D eigenvalue weighted by molar-refractivity contribution is 0.159. The molecule has 2 aromatic rings. The van der Waals surface area contributed by atoms with E-state index in [0.29, 0.717) is 5.75 Å². The molecular weight excluding hydrogens is 256 g/mol. The van der Waals surface area contributed by atoms with Crippen molar-refractivity contribution < 1.29 is 19.7 Å². The average molecular weight is 272 g/mol. The summed E-state index contributed by atoms with van der Waals surface area (Å²) in [6.45, 7) is 0.00483. The Morgan fingerprint density at radius 1 is 1.20 bits per heavy atom. The fraction of sp³-hybridized carbons (Fsp3) is 0.250. The van der Waals surface area contributed by atoms with Gasteiger partial charge in [0.2, 0.25) is 0 Å². The highest BCUT2D eigenvalue weighted by molar-refractivity contribution is 5.47. The normalized spacial score (nSPS) is 20.3. The predicted octanol–water partition coefficient (Wildman–Crippen LogP) is 2.61. The summed E-state index contributed by atoms with van der Waals surface area (Å²) >= 11 is 0. The molecule has 0 fully saturated rings. The van der Waals surface area contributed by atoms with Gasteiger partial charge in [-0.3, -0.25) is 0 Å². The Labute approximate surface area is 117 Å². The van der Waals surface area contributed by atoms with Crippen LogP contribution in [0.5, 0.6) is 17.2 Å². The lowest BCUT2D eigenvalue weighted by Crippen LogP contribution is -2.13. The summed E-state index contributed by atoms with van der Waals surface area (Å²) in [6.07, 6.45) is -0.271. The summed E-state index contributed by atoms with van der Waals surface area (Å²) in [6, 6.07) is 12.8. The summed E-state index contributed by atoms with van der Waals surface area (Å²) in [5, 5.41) is 19.3. The van der Waals surface area contributed by atoms with Gasteiger partial charge in [-0.05, 0) is 23.8 Å². The van der Waals surface area contributed by atoms with E-state index in [2.05, 4.69) is 0 Å². The number of aromatic hydroxyl groups is 1. The van der Waals surface area contributed by atoms with Gasteiger partial charge in [-0.1, -0.05) is 24.3 Å². The summed E-state index contributed by atoms with van der Waals surface area (Å²) in [4.78, 5) is 0. The van der Waals surface area contributed by atoms with Gasteiger partial charge in [0.25, 0.3) is 0 Å². The van der Waals surface area contributed by atoms with Gasteiger partial charge >= 0.3 is 0 Å². The number of aliphatic hydroxyl groups is 1. The molecule has 0 amide bonds. The zero-order valence-corrected chi connectivity index (χ0v) is 11.1. The van der Waals surface area contributed by atoms with Gasteiger partial charge in [0, 0.05) is 5.56 Å². The molecule has 0 saturated carbocycles. The number of hydrogen-bond donors (Lipinski definition) is 2. The van der Waals surface area contributed by atoms with Crippen LogP contribution in [-0.2, 0) is 0 Å². The van der Waals surface area contributed by atoms with Crippen LogP contribution < -0.4 is 9.47 Å². The highest BCUT2D eigenvalue weighted by Crippen LogP contribution is 2.46. The number of ether oxygens (including phenoxy) is 2. The fourth-order valence-corrected chi connectivity index (χ4v) is 2.64. The molecule has 2 atom stereocenters. The molecule has 20 heavy (non-hydrogen) atoms. The molecule has 0 aliphatic carbocycles. The Morgan fingerprint density at radius 2 is 2.00 bits per heavy atom. The van der Waals surface area contributed by atoms with Crippen molar-refractivity contribution in [1.29, 1.82) is 0 Å². The van der Waals surface area contributed by atoms with E-state index in [4.69, 9.17) is 9.47 Å². The van der Waals surface area contributed by atoms with Gasteiger partial charge in [-0.25, -0.2) is 0 Å². The van der Waals surface area contributed by atoms with Gasteiger partial charge in [-0.15, -0.1) is 0 Å². The maximum atomic E-state index is 9.66. The van der Waals surface area contributed by atoms with Crippen LogP contribution in [0.4, 0.5) is 0 Å². The van der Waals surface area contributed by atoms with Crippen molar-refractivity contribution in [2.45, 2.75) is 12.0 Å². The van der Waals surface area contributed by atoms with Crippen LogP contribution in [-0.4, -0.2) is 23.9 Å². The van der Waals surface area contributed by atoms with Crippen molar-refractivity contribution in [2.75, 3.05) is 13.7 Å². The number of phenolic OH excluding ortho intramolecular Hbond substituents is 1. The Hall–Kier alpha value is -2.20. The lowest BCUT2D eigenvalue weighted by Gasteiger charge is -2.18. The van der Waals surface area contributed by atoms with Crippen molar-refractivity contribution >= 4 is 0 Å². The van der Waals surface area contributed by atoms with Crippen molar-refractivity contribution in [3.63, 3.8) is 0 Å². The van der Waals surface area contributed by atoms with Crippen LogP contribution in [0.25, 0.3) is 0 Å². The third-order valence-electron chi connectivity index (χ3n) is 3.67. The molecule has 4 heteroatoms. The Balaban J connectivity index is 1.99. The first-order chi connectivity index (χ1) is 9.74. The topological polar surface area (TPSA) is 58.9 Å². The highest BCUT2D eigenvalue weighted by atomic mass is 16.5. The summed E-state index contributed by atoms with van der Waals surface area (Å²) in [7, 11) is 1.51. The second kappa shape index (κ2) is 5.06. The molecule has 0 saturated heterocycles. The molecule has 0 radical (unpaired) electrons. The molecule has 1 aliphatic heterocycles. The molecule has 4 nitrogen and oxygen atoms in total. The third kappa shape index (κ3) is 1.98. The molecule has 0 bridgehead atoms. The second-order valence-corrected chi connectivity index (χ2v) is 4.80. The minimum absolute atomic E-state index is 0.00483. The van der Waals surface area contributed by atoms with E-state index in [9.17, 15) is 10.2 Å². The smallest absolute Gasteiger partial charge is 0.160 e. The van der Waals surface area contributed by atoms with E-state index in [1.165, 1.54) is 7.11 Å². The second-order valence-electron chi connectivity index (χ2n) is 4.80. The number of para-hydroxylation sites is 1. The number of phenols is 1. The SMILES string of the molecule is COc1cc(C2Oc3ccccc3C2CO)ccc1O. The highest BCUT2D eigenvalue weighted by Gasteiger charge is 2.35. The lowest BCUT2D eigenvalue weighted by atomic mass is 9.92. The van der Waals surface area contributed by atoms with Gasteiger partial charge in [0.1, 0.15) is 11.9 Å². The van der Waals surface area contributed by atoms with Gasteiger partial charge < -0.3 is 19.7 Å². The molecule has 2 N–H and O–H groups in total. The zero-order valence-electron chi connectivity index (χ0n) is 11.1. The molecule has 0 aromatic heterocycles. The van der Waals surface area contributed by atoms with E-state index < -0.39 is 0 Å². The fourth-order valence-electron chi connectivity index (χ4n) is 2.64. The average Bonchev–Trinajstić information content (AvgIpc) is 2.86. The van der Waals surface area contributed by atoms with Crippen LogP contribution >= 0.6 is 0 Å². The number of benzene rings is 2. The van der Waals surface area contributed by atoms with E-state index in [1.54, 1.807) is 18.2 Å². The first-order valence-corrected chi connectivity index (χ1v) is 6.48. The van der Waals surface area contributed by atoms with E-state index >= 15 is 0 Å². The largest absolute Gasteiger partial charge is 0.504 e. The first-order valence-electron chi connectivity index (χ1n) is 6.48. The maximum Gasteiger partial charge on any atom is 0.160 e. The van der Waals surface area contributed by atoms with Crippen molar-refractivity contribution in [3.05, 3.63) is 53.6 Å². The number of fused-ring (bicyclic) bond motifs is 1.